The lowest BCUT2D eigenvalue weighted by Gasteiger charge is -2.35. The van der Waals surface area contributed by atoms with Gasteiger partial charge in [-0.2, -0.15) is 5.10 Å². The van der Waals surface area contributed by atoms with Crippen molar-refractivity contribution in [2.75, 3.05) is 33.3 Å². The van der Waals surface area contributed by atoms with Crippen molar-refractivity contribution in [2.45, 2.75) is 25.4 Å². The van der Waals surface area contributed by atoms with Gasteiger partial charge in [-0.15, -0.1) is 0 Å². The van der Waals surface area contributed by atoms with E-state index in [1.807, 2.05) is 43.3 Å². The topological polar surface area (TPSA) is 54.7 Å². The summed E-state index contributed by atoms with van der Waals surface area (Å²) in [6, 6.07) is 8.12. The molecule has 6 nitrogen and oxygen atoms in total. The average molecular weight is 390 g/mol. The van der Waals surface area contributed by atoms with Gasteiger partial charge in [0.05, 0.1) is 19.3 Å². The summed E-state index contributed by atoms with van der Waals surface area (Å²) >= 11 is 6.02. The summed E-state index contributed by atoms with van der Waals surface area (Å²) in [5.41, 5.74) is 2.39. The third-order valence-electron chi connectivity index (χ3n) is 5.02. The molecule has 0 amide bonds. The predicted molar refractivity (Wildman–Crippen MR) is 109 cm³/mol. The molecule has 2 atom stereocenters. The minimum atomic E-state index is 0.0178. The van der Waals surface area contributed by atoms with Gasteiger partial charge in [0.1, 0.15) is 6.10 Å². The highest BCUT2D eigenvalue weighted by atomic mass is 35.5. The van der Waals surface area contributed by atoms with E-state index in [4.69, 9.17) is 16.3 Å². The van der Waals surface area contributed by atoms with Gasteiger partial charge in [0.15, 0.2) is 5.96 Å². The number of aromatic nitrogens is 2. The van der Waals surface area contributed by atoms with Crippen LogP contribution in [0.15, 0.2) is 41.7 Å². The first-order chi connectivity index (χ1) is 13.1. The van der Waals surface area contributed by atoms with Crippen molar-refractivity contribution in [3.63, 3.8) is 0 Å². The van der Waals surface area contributed by atoms with Crippen molar-refractivity contribution < 1.29 is 4.74 Å². The minimum absolute atomic E-state index is 0.0178. The third kappa shape index (κ3) is 5.02. The van der Waals surface area contributed by atoms with Crippen LogP contribution in [0.25, 0.3) is 0 Å². The molecule has 1 aromatic heterocycles. The van der Waals surface area contributed by atoms with Crippen LogP contribution in [0.4, 0.5) is 0 Å². The van der Waals surface area contributed by atoms with Crippen molar-refractivity contribution in [3.05, 3.63) is 52.8 Å². The number of ether oxygens (including phenoxy) is 1. The zero-order valence-electron chi connectivity index (χ0n) is 16.2. The van der Waals surface area contributed by atoms with Crippen LogP contribution in [0, 0.1) is 0 Å². The highest BCUT2D eigenvalue weighted by molar-refractivity contribution is 6.30. The Bertz CT molecular complexity index is 758. The number of hydrogen-bond acceptors (Lipinski definition) is 3. The van der Waals surface area contributed by atoms with E-state index < -0.39 is 0 Å². The Hall–Kier alpha value is -2.05. The van der Waals surface area contributed by atoms with Crippen molar-refractivity contribution >= 4 is 17.6 Å². The standard InChI is InChI=1S/C20H28ClN5O/c1-4-15(16-5-7-18(21)8-6-16)11-23-20(22-2)26-9-10-27-19(14-26)17-12-24-25(3)13-17/h5-8,12-13,15,19H,4,9-11,14H2,1-3H3,(H,22,23). The fourth-order valence-electron chi connectivity index (χ4n) is 3.43. The number of aliphatic imine (C=N–C) groups is 1. The van der Waals surface area contributed by atoms with Gasteiger partial charge < -0.3 is 15.0 Å². The molecule has 1 saturated heterocycles. The molecule has 0 spiro atoms. The summed E-state index contributed by atoms with van der Waals surface area (Å²) in [4.78, 5) is 6.75. The molecule has 1 aliphatic heterocycles. The average Bonchev–Trinajstić information content (AvgIpc) is 3.13. The lowest BCUT2D eigenvalue weighted by atomic mass is 9.96. The molecule has 0 bridgehead atoms. The van der Waals surface area contributed by atoms with E-state index in [1.165, 1.54) is 5.56 Å². The van der Waals surface area contributed by atoms with Crippen LogP contribution in [-0.2, 0) is 11.8 Å². The van der Waals surface area contributed by atoms with Crippen LogP contribution in [0.5, 0.6) is 0 Å². The predicted octanol–water partition coefficient (Wildman–Crippen LogP) is 3.22. The Morgan fingerprint density at radius 2 is 2.19 bits per heavy atom. The Labute approximate surface area is 166 Å². The fraction of sp³-hybridized carbons (Fsp3) is 0.500. The number of nitrogens with one attached hydrogen (secondary N) is 1. The summed E-state index contributed by atoms with van der Waals surface area (Å²) in [7, 11) is 3.76. The Kier molecular flexibility index (Phi) is 6.74. The van der Waals surface area contributed by atoms with Crippen molar-refractivity contribution in [3.8, 4) is 0 Å². The molecule has 0 saturated carbocycles. The second kappa shape index (κ2) is 9.24. The molecule has 2 heterocycles. The molecular formula is C20H28ClN5O. The molecule has 27 heavy (non-hydrogen) atoms. The van der Waals surface area contributed by atoms with E-state index >= 15 is 0 Å². The maximum atomic E-state index is 6.02. The summed E-state index contributed by atoms with van der Waals surface area (Å²) in [6.07, 6.45) is 4.95. The van der Waals surface area contributed by atoms with Gasteiger partial charge in [-0.25, -0.2) is 0 Å². The van der Waals surface area contributed by atoms with Gasteiger partial charge in [-0.3, -0.25) is 9.67 Å². The third-order valence-corrected chi connectivity index (χ3v) is 5.27. The van der Waals surface area contributed by atoms with E-state index in [0.717, 1.165) is 42.6 Å². The lowest BCUT2D eigenvalue weighted by molar-refractivity contribution is -0.00804. The second-order valence-electron chi connectivity index (χ2n) is 6.84. The molecule has 1 N–H and O–H groups in total. The van der Waals surface area contributed by atoms with Crippen LogP contribution >= 0.6 is 11.6 Å². The Morgan fingerprint density at radius 1 is 1.41 bits per heavy atom. The monoisotopic (exact) mass is 389 g/mol. The van der Waals surface area contributed by atoms with Crippen LogP contribution in [0.2, 0.25) is 5.02 Å². The van der Waals surface area contributed by atoms with Crippen LogP contribution in [0.3, 0.4) is 0 Å². The van der Waals surface area contributed by atoms with Gasteiger partial charge in [-0.1, -0.05) is 30.7 Å². The molecule has 1 fully saturated rings. The first kappa shape index (κ1) is 19.7. The van der Waals surface area contributed by atoms with Gasteiger partial charge in [0.25, 0.3) is 0 Å². The molecule has 7 heteroatoms. The molecular weight excluding hydrogens is 362 g/mol. The number of hydrogen-bond donors (Lipinski definition) is 1. The maximum absolute atomic E-state index is 6.02. The summed E-state index contributed by atoms with van der Waals surface area (Å²) in [5, 5.41) is 8.57. The van der Waals surface area contributed by atoms with Gasteiger partial charge in [-0.05, 0) is 24.1 Å². The highest BCUT2D eigenvalue weighted by Gasteiger charge is 2.25. The zero-order valence-corrected chi connectivity index (χ0v) is 17.0. The highest BCUT2D eigenvalue weighted by Crippen LogP contribution is 2.23. The lowest BCUT2D eigenvalue weighted by Crippen LogP contribution is -2.48. The smallest absolute Gasteiger partial charge is 0.193 e. The summed E-state index contributed by atoms with van der Waals surface area (Å²) < 4.78 is 7.75. The molecule has 0 radical (unpaired) electrons. The van der Waals surface area contributed by atoms with Crippen LogP contribution in [0.1, 0.15) is 36.5 Å². The molecule has 2 unspecified atom stereocenters. The number of rotatable bonds is 5. The number of aryl methyl sites for hydroxylation is 1. The van der Waals surface area contributed by atoms with Gasteiger partial charge >= 0.3 is 0 Å². The number of benzene rings is 1. The SMILES string of the molecule is CCC(CNC(=NC)N1CCOC(c2cnn(C)c2)C1)c1ccc(Cl)cc1. The van der Waals surface area contributed by atoms with Crippen LogP contribution < -0.4 is 5.32 Å². The van der Waals surface area contributed by atoms with Gasteiger partial charge in [0.2, 0.25) is 0 Å². The first-order valence-corrected chi connectivity index (χ1v) is 9.79. The Morgan fingerprint density at radius 3 is 2.81 bits per heavy atom. The summed E-state index contributed by atoms with van der Waals surface area (Å²) in [5.74, 6) is 1.33. The largest absolute Gasteiger partial charge is 0.370 e. The number of guanidine groups is 1. The number of nitrogens with zero attached hydrogens (tertiary/aromatic N) is 4. The first-order valence-electron chi connectivity index (χ1n) is 9.42. The Balaban J connectivity index is 1.61. The molecule has 146 valence electrons. The second-order valence-corrected chi connectivity index (χ2v) is 7.27. The van der Waals surface area contributed by atoms with E-state index in [-0.39, 0.29) is 6.10 Å². The van der Waals surface area contributed by atoms with Crippen molar-refractivity contribution in [1.82, 2.24) is 20.0 Å². The van der Waals surface area contributed by atoms with Crippen LogP contribution in [-0.4, -0.2) is 53.9 Å². The van der Waals surface area contributed by atoms with E-state index in [9.17, 15) is 0 Å². The maximum Gasteiger partial charge on any atom is 0.193 e. The molecule has 3 rings (SSSR count). The minimum Gasteiger partial charge on any atom is -0.370 e. The molecule has 1 aliphatic rings. The quantitative estimate of drug-likeness (QED) is 0.630. The molecule has 0 aliphatic carbocycles. The van der Waals surface area contributed by atoms with Gasteiger partial charge in [0, 0.05) is 49.9 Å². The van der Waals surface area contributed by atoms with E-state index in [2.05, 4.69) is 39.4 Å². The molecule has 1 aromatic carbocycles. The fourth-order valence-corrected chi connectivity index (χ4v) is 3.56. The normalized spacial score (nSPS) is 19.2. The number of morpholine rings is 1. The summed E-state index contributed by atoms with van der Waals surface area (Å²) in [6.45, 7) is 5.31. The van der Waals surface area contributed by atoms with E-state index in [0.29, 0.717) is 12.5 Å². The number of halogens is 1. The van der Waals surface area contributed by atoms with Crippen molar-refractivity contribution in [1.29, 1.82) is 0 Å². The van der Waals surface area contributed by atoms with E-state index in [1.54, 1.807) is 0 Å². The molecule has 2 aromatic rings. The zero-order chi connectivity index (χ0) is 19.2. The van der Waals surface area contributed by atoms with Crippen molar-refractivity contribution in [2.24, 2.45) is 12.0 Å².